The predicted molar refractivity (Wildman–Crippen MR) is 69.5 cm³/mol. The van der Waals surface area contributed by atoms with E-state index >= 15 is 0 Å². The molecule has 0 spiro atoms. The van der Waals surface area contributed by atoms with Crippen LogP contribution in [0.5, 0.6) is 5.75 Å². The quantitative estimate of drug-likeness (QED) is 0.847. The van der Waals surface area contributed by atoms with Crippen molar-refractivity contribution in [3.05, 3.63) is 22.9 Å². The Morgan fingerprint density at radius 2 is 2.19 bits per heavy atom. The third-order valence-corrected chi connectivity index (χ3v) is 2.61. The highest BCUT2D eigenvalue weighted by Gasteiger charge is 2.20. The first-order chi connectivity index (χ1) is 7.39. The molecule has 0 fully saturated rings. The molecule has 16 heavy (non-hydrogen) atoms. The van der Waals surface area contributed by atoms with Gasteiger partial charge in [0, 0.05) is 5.54 Å². The Labute approximate surface area is 106 Å². The van der Waals surface area contributed by atoms with Gasteiger partial charge in [-0.25, -0.2) is 4.98 Å². The second kappa shape index (κ2) is 5.64. The van der Waals surface area contributed by atoms with Gasteiger partial charge in [-0.05, 0) is 47.3 Å². The Balaban J connectivity index is 2.47. The van der Waals surface area contributed by atoms with Crippen molar-refractivity contribution in [2.45, 2.75) is 32.7 Å². The summed E-state index contributed by atoms with van der Waals surface area (Å²) < 4.78 is 6.42. The van der Waals surface area contributed by atoms with Crippen molar-refractivity contribution < 1.29 is 4.74 Å². The van der Waals surface area contributed by atoms with Gasteiger partial charge in [-0.2, -0.15) is 0 Å². The summed E-state index contributed by atoms with van der Waals surface area (Å²) in [6.07, 6.45) is 2.63. The van der Waals surface area contributed by atoms with Crippen molar-refractivity contribution in [1.82, 2.24) is 4.98 Å². The van der Waals surface area contributed by atoms with Crippen LogP contribution in [-0.2, 0) is 0 Å². The lowest BCUT2D eigenvalue weighted by Gasteiger charge is -2.26. The first kappa shape index (κ1) is 13.5. The zero-order chi connectivity index (χ0) is 12.2. The maximum absolute atomic E-state index is 6.14. The second-order valence-electron chi connectivity index (χ2n) is 4.86. The number of ether oxygens (including phenoxy) is 1. The molecule has 1 heterocycles. The smallest absolute Gasteiger partial charge is 0.137 e. The Morgan fingerprint density at radius 1 is 1.50 bits per heavy atom. The third-order valence-electron chi connectivity index (χ3n) is 2.14. The lowest BCUT2D eigenvalue weighted by molar-refractivity contribution is 0.206. The van der Waals surface area contributed by atoms with Crippen LogP contribution in [0.1, 0.15) is 27.2 Å². The van der Waals surface area contributed by atoms with Crippen molar-refractivity contribution in [3.63, 3.8) is 0 Å². The standard InChI is InChI=1S/C12H19BrN2O/c1-9(2)6-12(3,14)8-16-10-4-5-11(13)15-7-10/h4-5,7,9H,6,8,14H2,1-3H3/t12-/m0/s1. The van der Waals surface area contributed by atoms with Crippen LogP contribution in [0.3, 0.4) is 0 Å². The number of nitrogens with zero attached hydrogens (tertiary/aromatic N) is 1. The van der Waals surface area contributed by atoms with Gasteiger partial charge in [0.25, 0.3) is 0 Å². The fourth-order valence-corrected chi connectivity index (χ4v) is 1.92. The van der Waals surface area contributed by atoms with E-state index in [4.69, 9.17) is 10.5 Å². The molecule has 1 aromatic heterocycles. The molecular weight excluding hydrogens is 268 g/mol. The van der Waals surface area contributed by atoms with E-state index in [1.165, 1.54) is 0 Å². The molecule has 1 aromatic rings. The van der Waals surface area contributed by atoms with Gasteiger partial charge in [0.05, 0.1) is 6.20 Å². The van der Waals surface area contributed by atoms with Crippen LogP contribution < -0.4 is 10.5 Å². The van der Waals surface area contributed by atoms with Crippen molar-refractivity contribution in [1.29, 1.82) is 0 Å². The van der Waals surface area contributed by atoms with E-state index in [1.807, 2.05) is 19.1 Å². The van der Waals surface area contributed by atoms with E-state index in [1.54, 1.807) is 6.20 Å². The molecule has 90 valence electrons. The lowest BCUT2D eigenvalue weighted by atomic mass is 9.93. The minimum Gasteiger partial charge on any atom is -0.490 e. The van der Waals surface area contributed by atoms with E-state index in [0.29, 0.717) is 12.5 Å². The van der Waals surface area contributed by atoms with Crippen LogP contribution >= 0.6 is 15.9 Å². The Bertz CT molecular complexity index is 322. The van der Waals surface area contributed by atoms with Gasteiger partial charge in [-0.1, -0.05) is 13.8 Å². The first-order valence-corrected chi connectivity index (χ1v) is 6.21. The van der Waals surface area contributed by atoms with Crippen molar-refractivity contribution in [3.8, 4) is 5.75 Å². The number of rotatable bonds is 5. The van der Waals surface area contributed by atoms with E-state index in [9.17, 15) is 0 Å². The van der Waals surface area contributed by atoms with Gasteiger partial charge in [-0.15, -0.1) is 0 Å². The molecule has 0 aliphatic rings. The van der Waals surface area contributed by atoms with Crippen molar-refractivity contribution in [2.24, 2.45) is 11.7 Å². The fourth-order valence-electron chi connectivity index (χ4n) is 1.69. The molecule has 0 amide bonds. The molecule has 4 heteroatoms. The molecule has 0 aliphatic carbocycles. The summed E-state index contributed by atoms with van der Waals surface area (Å²) in [7, 11) is 0. The summed E-state index contributed by atoms with van der Waals surface area (Å²) in [5.41, 5.74) is 5.85. The Kier molecular flexibility index (Phi) is 4.74. The number of halogens is 1. The van der Waals surface area contributed by atoms with E-state index < -0.39 is 0 Å². The summed E-state index contributed by atoms with van der Waals surface area (Å²) in [6, 6.07) is 3.73. The normalized spacial score (nSPS) is 14.9. The molecule has 1 rings (SSSR count). The summed E-state index contributed by atoms with van der Waals surface area (Å²) in [6.45, 7) is 6.84. The van der Waals surface area contributed by atoms with Gasteiger partial charge < -0.3 is 10.5 Å². The number of aromatic nitrogens is 1. The minimum atomic E-state index is -0.290. The molecule has 0 aliphatic heterocycles. The molecule has 0 unspecified atom stereocenters. The lowest BCUT2D eigenvalue weighted by Crippen LogP contribution is -2.43. The van der Waals surface area contributed by atoms with Crippen molar-refractivity contribution >= 4 is 15.9 Å². The molecule has 0 saturated carbocycles. The number of hydrogen-bond acceptors (Lipinski definition) is 3. The zero-order valence-corrected chi connectivity index (χ0v) is 11.6. The van der Waals surface area contributed by atoms with E-state index in [2.05, 4.69) is 34.8 Å². The molecule has 0 bridgehead atoms. The maximum Gasteiger partial charge on any atom is 0.137 e. The van der Waals surface area contributed by atoms with E-state index in [-0.39, 0.29) is 5.54 Å². The summed E-state index contributed by atoms with van der Waals surface area (Å²) in [5.74, 6) is 1.32. The molecule has 2 N–H and O–H groups in total. The zero-order valence-electron chi connectivity index (χ0n) is 10.0. The molecule has 3 nitrogen and oxygen atoms in total. The largest absolute Gasteiger partial charge is 0.490 e. The van der Waals surface area contributed by atoms with Crippen LogP contribution in [0.4, 0.5) is 0 Å². The predicted octanol–water partition coefficient (Wildman–Crippen LogP) is 2.99. The average molecular weight is 287 g/mol. The number of pyridine rings is 1. The van der Waals surface area contributed by atoms with Gasteiger partial charge >= 0.3 is 0 Å². The highest BCUT2D eigenvalue weighted by atomic mass is 79.9. The highest BCUT2D eigenvalue weighted by molar-refractivity contribution is 9.10. The fraction of sp³-hybridized carbons (Fsp3) is 0.583. The monoisotopic (exact) mass is 286 g/mol. The number of nitrogens with two attached hydrogens (primary N) is 1. The molecule has 1 atom stereocenters. The molecule has 0 radical (unpaired) electrons. The molecular formula is C12H19BrN2O. The second-order valence-corrected chi connectivity index (χ2v) is 5.67. The minimum absolute atomic E-state index is 0.290. The van der Waals surface area contributed by atoms with Crippen LogP contribution in [-0.4, -0.2) is 17.1 Å². The molecule has 0 saturated heterocycles. The Morgan fingerprint density at radius 3 is 2.69 bits per heavy atom. The van der Waals surface area contributed by atoms with Crippen molar-refractivity contribution in [2.75, 3.05) is 6.61 Å². The van der Waals surface area contributed by atoms with Crippen LogP contribution in [0.2, 0.25) is 0 Å². The van der Waals surface area contributed by atoms with Crippen LogP contribution in [0.15, 0.2) is 22.9 Å². The maximum atomic E-state index is 6.14. The Hall–Kier alpha value is -0.610. The van der Waals surface area contributed by atoms with Gasteiger partial charge in [0.1, 0.15) is 17.0 Å². The summed E-state index contributed by atoms with van der Waals surface area (Å²) in [4.78, 5) is 4.09. The summed E-state index contributed by atoms with van der Waals surface area (Å²) in [5, 5.41) is 0. The average Bonchev–Trinajstić information content (AvgIpc) is 2.15. The highest BCUT2D eigenvalue weighted by Crippen LogP contribution is 2.17. The van der Waals surface area contributed by atoms with Gasteiger partial charge in [0.15, 0.2) is 0 Å². The van der Waals surface area contributed by atoms with Gasteiger partial charge in [-0.3, -0.25) is 0 Å². The van der Waals surface area contributed by atoms with Crippen LogP contribution in [0.25, 0.3) is 0 Å². The summed E-state index contributed by atoms with van der Waals surface area (Å²) >= 11 is 3.28. The van der Waals surface area contributed by atoms with E-state index in [0.717, 1.165) is 16.8 Å². The number of hydrogen-bond donors (Lipinski definition) is 1. The third kappa shape index (κ3) is 4.94. The van der Waals surface area contributed by atoms with Gasteiger partial charge in [0.2, 0.25) is 0 Å². The van der Waals surface area contributed by atoms with Crippen LogP contribution in [0, 0.1) is 5.92 Å². The first-order valence-electron chi connectivity index (χ1n) is 5.42. The molecule has 0 aromatic carbocycles. The topological polar surface area (TPSA) is 48.1 Å². The SMILES string of the molecule is CC(C)C[C@](C)(N)COc1ccc(Br)nc1.